The number of carbonyl (C=O) groups is 2. The summed E-state index contributed by atoms with van der Waals surface area (Å²) in [5, 5.41) is 11.1. The fourth-order valence-electron chi connectivity index (χ4n) is 5.90. The summed E-state index contributed by atoms with van der Waals surface area (Å²) in [6, 6.07) is 20.5. The molecule has 0 saturated carbocycles. The lowest BCUT2D eigenvalue weighted by atomic mass is 9.77. The summed E-state index contributed by atoms with van der Waals surface area (Å²) in [7, 11) is 1.57. The Labute approximate surface area is 254 Å². The van der Waals surface area contributed by atoms with Crippen LogP contribution in [0.25, 0.3) is 0 Å². The molecule has 226 valence electrons. The molecule has 0 heterocycles. The van der Waals surface area contributed by atoms with Crippen molar-refractivity contribution in [2.24, 2.45) is 11.8 Å². The monoisotopic (exact) mass is 583 g/mol. The Kier molecular flexibility index (Phi) is 9.24. The minimum absolute atomic E-state index is 0.00335. The Morgan fingerprint density at radius 2 is 1.37 bits per heavy atom. The molecule has 0 amide bonds. The molecule has 43 heavy (non-hydrogen) atoms. The largest absolute Gasteiger partial charge is 0.497 e. The zero-order valence-electron chi connectivity index (χ0n) is 26.1. The zero-order chi connectivity index (χ0) is 31.5. The Hall–Kier alpha value is -4.26. The van der Waals surface area contributed by atoms with Gasteiger partial charge in [-0.25, -0.2) is 0 Å². The maximum absolute atomic E-state index is 14.1. The van der Waals surface area contributed by atoms with Gasteiger partial charge in [0.25, 0.3) is 5.69 Å². The SMILES string of the molecule is COc1ccc(C(=O)C(CC2=C(C)CC[C@@H]2C(C)(C)Oc2ccc([N+](=O)[O-])cc2)C(=O)c2ccc(C(C)(C)C)cc2)cc1. The lowest BCUT2D eigenvalue weighted by Crippen LogP contribution is -2.38. The van der Waals surface area contributed by atoms with E-state index in [0.717, 1.165) is 29.6 Å². The fraction of sp³-hybridized carbons (Fsp3) is 0.389. The van der Waals surface area contributed by atoms with Crippen molar-refractivity contribution in [3.63, 3.8) is 0 Å². The average Bonchev–Trinajstić information content (AvgIpc) is 3.35. The van der Waals surface area contributed by atoms with E-state index < -0.39 is 16.4 Å². The number of non-ortho nitro benzene ring substituents is 1. The van der Waals surface area contributed by atoms with Crippen LogP contribution in [-0.2, 0) is 5.41 Å². The Morgan fingerprint density at radius 1 is 0.860 bits per heavy atom. The first kappa shape index (κ1) is 31.7. The number of methoxy groups -OCH3 is 1. The molecule has 1 aliphatic rings. The highest BCUT2D eigenvalue weighted by Crippen LogP contribution is 2.44. The summed E-state index contributed by atoms with van der Waals surface area (Å²) < 4.78 is 11.7. The van der Waals surface area contributed by atoms with E-state index in [4.69, 9.17) is 9.47 Å². The van der Waals surface area contributed by atoms with Gasteiger partial charge in [-0.1, -0.05) is 56.2 Å². The summed E-state index contributed by atoms with van der Waals surface area (Å²) >= 11 is 0. The molecule has 0 aromatic heterocycles. The minimum Gasteiger partial charge on any atom is -0.497 e. The van der Waals surface area contributed by atoms with Crippen molar-refractivity contribution in [2.75, 3.05) is 7.11 Å². The van der Waals surface area contributed by atoms with E-state index in [-0.39, 0.29) is 35.0 Å². The number of ether oxygens (including phenoxy) is 2. The summed E-state index contributed by atoms with van der Waals surface area (Å²) in [5.74, 6) is -0.231. The average molecular weight is 584 g/mol. The van der Waals surface area contributed by atoms with Crippen molar-refractivity contribution >= 4 is 17.3 Å². The van der Waals surface area contributed by atoms with Crippen molar-refractivity contribution in [2.45, 2.75) is 71.8 Å². The topological polar surface area (TPSA) is 95.7 Å². The van der Waals surface area contributed by atoms with Crippen LogP contribution < -0.4 is 9.47 Å². The van der Waals surface area contributed by atoms with Gasteiger partial charge in [-0.15, -0.1) is 0 Å². The number of ketones is 2. The molecule has 0 aliphatic heterocycles. The molecule has 1 aliphatic carbocycles. The molecule has 0 N–H and O–H groups in total. The molecule has 7 heteroatoms. The van der Waals surface area contributed by atoms with Gasteiger partial charge in [0, 0.05) is 29.2 Å². The number of hydrogen-bond donors (Lipinski definition) is 0. The lowest BCUT2D eigenvalue weighted by molar-refractivity contribution is -0.384. The molecule has 1 unspecified atom stereocenters. The molecule has 3 aromatic rings. The maximum Gasteiger partial charge on any atom is 0.269 e. The van der Waals surface area contributed by atoms with E-state index in [2.05, 4.69) is 27.7 Å². The molecular weight excluding hydrogens is 542 g/mol. The van der Waals surface area contributed by atoms with Gasteiger partial charge in [-0.05, 0) is 87.4 Å². The molecule has 0 spiro atoms. The van der Waals surface area contributed by atoms with E-state index in [9.17, 15) is 19.7 Å². The standard InChI is InChI=1S/C36H41NO6/c1-23-8-21-32(36(5,6)43-29-19-15-27(16-20-29)37(40)41)30(23)22-31(34(39)25-11-17-28(42-7)18-12-25)33(38)24-9-13-26(14-10-24)35(2,3)4/h9-20,31-32H,8,21-22H2,1-7H3/t31?,32-/m0/s1. The van der Waals surface area contributed by atoms with Crippen molar-refractivity contribution in [1.29, 1.82) is 0 Å². The van der Waals surface area contributed by atoms with Crippen molar-refractivity contribution < 1.29 is 24.0 Å². The normalized spacial score (nSPS) is 16.1. The van der Waals surface area contributed by atoms with Crippen LogP contribution in [0.1, 0.15) is 87.1 Å². The molecule has 3 aromatic carbocycles. The van der Waals surface area contributed by atoms with Gasteiger partial charge < -0.3 is 9.47 Å². The first-order valence-electron chi connectivity index (χ1n) is 14.7. The molecular formula is C36H41NO6. The second-order valence-corrected chi connectivity index (χ2v) is 12.9. The molecule has 0 bridgehead atoms. The summed E-state index contributed by atoms with van der Waals surface area (Å²) in [4.78, 5) is 38.8. The van der Waals surface area contributed by atoms with Crippen LogP contribution in [0.4, 0.5) is 5.69 Å². The predicted octanol–water partition coefficient (Wildman–Crippen LogP) is 8.56. The highest BCUT2D eigenvalue weighted by Gasteiger charge is 2.41. The van der Waals surface area contributed by atoms with Gasteiger partial charge in [0.05, 0.1) is 18.0 Å². The van der Waals surface area contributed by atoms with E-state index in [1.54, 1.807) is 43.5 Å². The number of nitro benzene ring substituents is 1. The Balaban J connectivity index is 1.66. The van der Waals surface area contributed by atoms with E-state index in [1.807, 2.05) is 38.1 Å². The number of rotatable bonds is 11. The van der Waals surface area contributed by atoms with Gasteiger partial charge >= 0.3 is 0 Å². The molecule has 2 atom stereocenters. The van der Waals surface area contributed by atoms with Gasteiger partial charge in [0.2, 0.25) is 0 Å². The van der Waals surface area contributed by atoms with Gasteiger partial charge in [0.15, 0.2) is 11.6 Å². The quantitative estimate of drug-likeness (QED) is 0.0738. The third kappa shape index (κ3) is 7.22. The highest BCUT2D eigenvalue weighted by atomic mass is 16.6. The molecule has 0 saturated heterocycles. The molecule has 7 nitrogen and oxygen atoms in total. The number of benzene rings is 3. The number of Topliss-reactive ketones (excluding diaryl/α,β-unsaturated/α-hetero) is 2. The lowest BCUT2D eigenvalue weighted by Gasteiger charge is -2.35. The summed E-state index contributed by atoms with van der Waals surface area (Å²) in [6.45, 7) is 12.4. The Bertz CT molecular complexity index is 1510. The van der Waals surface area contributed by atoms with Crippen molar-refractivity contribution in [1.82, 2.24) is 0 Å². The zero-order valence-corrected chi connectivity index (χ0v) is 26.1. The molecule has 4 rings (SSSR count). The smallest absolute Gasteiger partial charge is 0.269 e. The van der Waals surface area contributed by atoms with Crippen LogP contribution in [0.3, 0.4) is 0 Å². The third-order valence-electron chi connectivity index (χ3n) is 8.51. The van der Waals surface area contributed by atoms with E-state index in [0.29, 0.717) is 22.6 Å². The van der Waals surface area contributed by atoms with Crippen LogP contribution in [-0.4, -0.2) is 29.2 Å². The summed E-state index contributed by atoms with van der Waals surface area (Å²) in [6.07, 6.45) is 1.94. The van der Waals surface area contributed by atoms with Crippen LogP contribution in [0.5, 0.6) is 11.5 Å². The Morgan fingerprint density at radius 3 is 1.86 bits per heavy atom. The fourth-order valence-corrected chi connectivity index (χ4v) is 5.90. The third-order valence-corrected chi connectivity index (χ3v) is 8.51. The number of carbonyl (C=O) groups excluding carboxylic acids is 2. The number of hydrogen-bond acceptors (Lipinski definition) is 6. The van der Waals surface area contributed by atoms with Crippen molar-refractivity contribution in [3.8, 4) is 11.5 Å². The maximum atomic E-state index is 14.1. The second-order valence-electron chi connectivity index (χ2n) is 12.9. The van der Waals surface area contributed by atoms with Gasteiger partial charge in [0.1, 0.15) is 17.1 Å². The van der Waals surface area contributed by atoms with Crippen molar-refractivity contribution in [3.05, 3.63) is 111 Å². The van der Waals surface area contributed by atoms with Crippen LogP contribution in [0.2, 0.25) is 0 Å². The number of allylic oxidation sites excluding steroid dienone is 1. The van der Waals surface area contributed by atoms with Crippen LogP contribution in [0.15, 0.2) is 83.9 Å². The first-order chi connectivity index (χ1) is 20.2. The predicted molar refractivity (Wildman–Crippen MR) is 168 cm³/mol. The van der Waals surface area contributed by atoms with Gasteiger partial charge in [-0.2, -0.15) is 0 Å². The first-order valence-corrected chi connectivity index (χ1v) is 14.7. The highest BCUT2D eigenvalue weighted by molar-refractivity contribution is 6.16. The number of nitrogens with zero attached hydrogens (tertiary/aromatic N) is 1. The molecule has 0 radical (unpaired) electrons. The van der Waals surface area contributed by atoms with Crippen LogP contribution >= 0.6 is 0 Å². The summed E-state index contributed by atoms with van der Waals surface area (Å²) in [5.41, 5.74) is 3.54. The van der Waals surface area contributed by atoms with Gasteiger partial charge in [-0.3, -0.25) is 19.7 Å². The van der Waals surface area contributed by atoms with E-state index in [1.165, 1.54) is 12.1 Å². The van der Waals surface area contributed by atoms with Crippen LogP contribution in [0, 0.1) is 22.0 Å². The second kappa shape index (κ2) is 12.5. The van der Waals surface area contributed by atoms with E-state index >= 15 is 0 Å². The minimum atomic E-state index is -0.908. The number of nitro groups is 1. The molecule has 0 fully saturated rings.